The van der Waals surface area contributed by atoms with Crippen molar-refractivity contribution < 1.29 is 106 Å². The summed E-state index contributed by atoms with van der Waals surface area (Å²) in [6.45, 7) is 9.13. The summed E-state index contributed by atoms with van der Waals surface area (Å²) in [5.41, 5.74) is 4.26. The molecule has 103 heavy (non-hydrogen) atoms. The molecule has 16 atom stereocenters. The van der Waals surface area contributed by atoms with Gasteiger partial charge in [-0.05, 0) is 173 Å². The molecule has 3 unspecified atom stereocenters. The van der Waals surface area contributed by atoms with Gasteiger partial charge in [-0.15, -0.1) is 25.6 Å². The van der Waals surface area contributed by atoms with Gasteiger partial charge in [-0.2, -0.15) is 16.8 Å². The fourth-order valence-corrected chi connectivity index (χ4v) is 18.8. The van der Waals surface area contributed by atoms with Crippen LogP contribution in [0.15, 0.2) is 92.6 Å². The number of hydroxylamine groups is 2. The number of nitrogens with zero attached hydrogens (tertiary/aromatic N) is 3. The van der Waals surface area contributed by atoms with Crippen LogP contribution in [0, 0.1) is 64.1 Å². The maximum atomic E-state index is 14.5. The highest BCUT2D eigenvalue weighted by molar-refractivity contribution is 9.10. The van der Waals surface area contributed by atoms with Crippen molar-refractivity contribution in [2.45, 2.75) is 174 Å². The number of esters is 3. The molecule has 27 nitrogen and oxygen atoms in total. The minimum absolute atomic E-state index is 0. The standard InChI is InChI=1S/C34H42BrNO10S.C26H33BrN2O8S.C11H13NO5.ClH/c1-3-23-17-34(23,33(40)43-2)18-30(37)29-15-26(46-47(41,42)27-6-4-24(35)5-7-27)19-36(29)32(39)28(20-8-10-44-11-9-20)16-31(38)45-25-13-21-12-22(21)14-25;1-3-17-13-26(17,25(32)35-2)14-22(30)21-12-19(37-38(33,34)20-6-4-18(27)5-7-20)15-29(21)24(31)23(28)16-8-10-36-11-9-16;13-9-1-2-10(14)12(9)17-11(15)16-8-4-6-3-7(6)5-8;/h3-7,20-23,25-26,28-29H,1,8-19H2,2H3;3-7,16-17,19,21,23H,1,8-15,28H2,2H3;6-8H,1-5H2;1H/t21-,22+,23-,25?,26+,28?,29+,34-;17-,19+,21+,23+,26-;6-,7+,8?;/m11../s1. The molecule has 4 amide bonds. The number of hydrogen-bond donors (Lipinski definition) is 1. The molecule has 5 heterocycles. The van der Waals surface area contributed by atoms with Crippen molar-refractivity contribution in [2.75, 3.05) is 53.7 Å². The van der Waals surface area contributed by atoms with E-state index in [1.54, 1.807) is 36.4 Å². The Hall–Kier alpha value is -6.03. The smallest absolute Gasteiger partial charge is 0.469 e. The first-order valence-electron chi connectivity index (χ1n) is 34.9. The van der Waals surface area contributed by atoms with Crippen molar-refractivity contribution in [1.82, 2.24) is 14.9 Å². The second kappa shape index (κ2) is 33.4. The number of carbonyl (C=O) groups excluding carboxylic acids is 10. The molecule has 2 aromatic carbocycles. The van der Waals surface area contributed by atoms with Crippen molar-refractivity contribution in [2.24, 2.45) is 69.8 Å². The van der Waals surface area contributed by atoms with E-state index in [0.717, 1.165) is 25.7 Å². The number of methoxy groups -OCH3 is 2. The Balaban J connectivity index is 0.000000181. The molecule has 6 saturated carbocycles. The van der Waals surface area contributed by atoms with Crippen molar-refractivity contribution in [3.63, 3.8) is 0 Å². The second-order valence-electron chi connectivity index (χ2n) is 28.9. The highest BCUT2D eigenvalue weighted by Gasteiger charge is 2.63. The summed E-state index contributed by atoms with van der Waals surface area (Å²) < 4.78 is 96.7. The summed E-state index contributed by atoms with van der Waals surface area (Å²) >= 11 is 6.57. The minimum Gasteiger partial charge on any atom is -0.469 e. The van der Waals surface area contributed by atoms with E-state index in [1.165, 1.54) is 61.1 Å². The molecule has 2 N–H and O–H groups in total. The number of likely N-dealkylation sites (tertiary alicyclic amines) is 2. The second-order valence-corrected chi connectivity index (χ2v) is 33.9. The molecule has 13 rings (SSSR count). The topological polar surface area (TPSA) is 358 Å². The third-order valence-corrected chi connectivity index (χ3v) is 26.1. The normalized spacial score (nSPS) is 31.0. The fourth-order valence-electron chi connectivity index (χ4n) is 16.1. The summed E-state index contributed by atoms with van der Waals surface area (Å²) in [7, 11) is -5.86. The van der Waals surface area contributed by atoms with Gasteiger partial charge in [-0.3, -0.25) is 56.4 Å². The number of fused-ring (bicyclic) bond motifs is 2. The van der Waals surface area contributed by atoms with Crippen molar-refractivity contribution in [3.8, 4) is 0 Å². The maximum Gasteiger partial charge on any atom is 0.534 e. The first-order chi connectivity index (χ1) is 48.6. The SMILES string of the molecule is C=C[C@@H]1C[C@]1(CC(=O)[C@@H]1C[C@H](OS(=O)(=O)c2ccc(Br)cc2)CN1C(=O)C(CC(=O)OC1C[C@@H]2C[C@@H]2C1)C1CCOCC1)C(=O)OC.C=C[C@@H]1C[C@]1(CC(=O)[C@@H]1C[C@H](OS(=O)(=O)c2ccc(Br)cc2)CN1C(=O)[C@@H](N)C1CCOCC1)C(=O)OC.Cl.O=C(OC1C[C@@H]2C[C@@H]2C1)ON1C(=O)CCC1=O. The van der Waals surface area contributed by atoms with Gasteiger partial charge in [0.1, 0.15) is 12.2 Å². The number of allylic oxidation sites excluding steroid dienone is 2. The Morgan fingerprint density at radius 2 is 0.981 bits per heavy atom. The summed E-state index contributed by atoms with van der Waals surface area (Å²) in [5.74, 6) is -2.94. The Morgan fingerprint density at radius 3 is 1.38 bits per heavy atom. The molecule has 6 aliphatic carbocycles. The average Bonchev–Trinajstić information content (AvgIpc) is 1.59. The van der Waals surface area contributed by atoms with Crippen LogP contribution in [-0.4, -0.2) is 187 Å². The van der Waals surface area contributed by atoms with Gasteiger partial charge >= 0.3 is 24.1 Å². The Labute approximate surface area is 621 Å². The van der Waals surface area contributed by atoms with Crippen LogP contribution in [0.3, 0.4) is 0 Å². The van der Waals surface area contributed by atoms with Crippen LogP contribution in [0.25, 0.3) is 0 Å². The lowest BCUT2D eigenvalue weighted by Gasteiger charge is -2.34. The van der Waals surface area contributed by atoms with E-state index in [2.05, 4.69) is 49.9 Å². The van der Waals surface area contributed by atoms with Gasteiger partial charge < -0.3 is 44.0 Å². The Bertz CT molecular complexity index is 3770. The van der Waals surface area contributed by atoms with Crippen molar-refractivity contribution in [1.29, 1.82) is 0 Å². The van der Waals surface area contributed by atoms with E-state index >= 15 is 0 Å². The van der Waals surface area contributed by atoms with Gasteiger partial charge in [0.05, 0.1) is 77.5 Å². The van der Waals surface area contributed by atoms with E-state index in [-0.39, 0.29) is 122 Å². The number of hydrogen-bond acceptors (Lipinski definition) is 24. The van der Waals surface area contributed by atoms with Crippen molar-refractivity contribution in [3.05, 3.63) is 82.8 Å². The van der Waals surface area contributed by atoms with Gasteiger partial charge in [0.2, 0.25) is 11.8 Å². The largest absolute Gasteiger partial charge is 0.534 e. The number of ether oxygens (including phenoxy) is 6. The number of amides is 4. The molecule has 564 valence electrons. The predicted octanol–water partition coefficient (Wildman–Crippen LogP) is 7.85. The van der Waals surface area contributed by atoms with E-state index in [9.17, 15) is 64.8 Å². The molecule has 0 spiro atoms. The van der Waals surface area contributed by atoms with Crippen molar-refractivity contribution >= 4 is 124 Å². The van der Waals surface area contributed by atoms with E-state index in [4.69, 9.17) is 42.5 Å². The number of nitrogens with two attached hydrogens (primary N) is 1. The Morgan fingerprint density at radius 1 is 0.583 bits per heavy atom. The van der Waals surface area contributed by atoms with Crippen LogP contribution in [0.5, 0.6) is 0 Å². The number of halogens is 3. The molecule has 11 fully saturated rings. The van der Waals surface area contributed by atoms with Crippen LogP contribution < -0.4 is 5.73 Å². The van der Waals surface area contributed by atoms with Gasteiger partial charge in [-0.25, -0.2) is 4.79 Å². The lowest BCUT2D eigenvalue weighted by molar-refractivity contribution is -0.178. The first kappa shape index (κ1) is 79.5. The lowest BCUT2D eigenvalue weighted by atomic mass is 9.82. The van der Waals surface area contributed by atoms with Gasteiger partial charge in [-0.1, -0.05) is 49.1 Å². The number of benzene rings is 2. The molecule has 32 heteroatoms. The summed E-state index contributed by atoms with van der Waals surface area (Å²) in [4.78, 5) is 135. The van der Waals surface area contributed by atoms with E-state index < -0.39 is 121 Å². The molecular weight excluding hydrogens is 1540 g/mol. The van der Waals surface area contributed by atoms with Gasteiger partial charge in [0.25, 0.3) is 32.1 Å². The molecule has 5 saturated heterocycles. The lowest BCUT2D eigenvalue weighted by Crippen LogP contribution is -2.52. The number of rotatable bonds is 25. The molecule has 5 aliphatic heterocycles. The van der Waals surface area contributed by atoms with Crippen LogP contribution in [0.2, 0.25) is 0 Å². The fraction of sp³-hybridized carbons (Fsp3) is 0.634. The van der Waals surface area contributed by atoms with Gasteiger partial charge in [0, 0.05) is 87.0 Å². The molecule has 0 radical (unpaired) electrons. The van der Waals surface area contributed by atoms with Crippen LogP contribution >= 0.6 is 44.3 Å². The zero-order valence-electron chi connectivity index (χ0n) is 57.4. The summed E-state index contributed by atoms with van der Waals surface area (Å²) in [6.07, 6.45) is 8.76. The number of ketones is 2. The highest BCUT2D eigenvalue weighted by Crippen LogP contribution is 2.59. The number of Topliss-reactive ketones (excluding diaryl/α,β-unsaturated/α-hetero) is 2. The maximum absolute atomic E-state index is 14.5. The van der Waals surface area contributed by atoms with Crippen LogP contribution in [-0.2, 0) is 105 Å². The number of carbonyl (C=O) groups is 10. The average molecular weight is 1630 g/mol. The minimum atomic E-state index is -4.23. The zero-order valence-corrected chi connectivity index (χ0v) is 63.0. The summed E-state index contributed by atoms with van der Waals surface area (Å²) in [5, 5.41) is 0.512. The van der Waals surface area contributed by atoms with E-state index in [0.29, 0.717) is 103 Å². The molecule has 11 aliphatic rings. The molecule has 2 aromatic rings. The summed E-state index contributed by atoms with van der Waals surface area (Å²) in [6, 6.07) is 9.04. The third kappa shape index (κ3) is 18.7. The van der Waals surface area contributed by atoms with Crippen LogP contribution in [0.4, 0.5) is 4.79 Å². The predicted molar refractivity (Wildman–Crippen MR) is 372 cm³/mol. The molecular formula is C71H89Br2ClN4O23S2. The molecule has 0 bridgehead atoms. The third-order valence-electron chi connectivity index (χ3n) is 22.3. The van der Waals surface area contributed by atoms with Crippen LogP contribution in [0.1, 0.15) is 122 Å². The van der Waals surface area contributed by atoms with Gasteiger partial charge in [0.15, 0.2) is 11.6 Å². The highest BCUT2D eigenvalue weighted by atomic mass is 79.9. The first-order valence-corrected chi connectivity index (χ1v) is 39.3. The monoisotopic (exact) mass is 1620 g/mol. The quantitative estimate of drug-likeness (QED) is 0.0325. The zero-order chi connectivity index (χ0) is 73.2. The Kier molecular flexibility index (Phi) is 25.8. The number of imide groups is 1. The van der Waals surface area contributed by atoms with E-state index in [1.807, 2.05) is 0 Å². The molecule has 0 aromatic heterocycles.